The van der Waals surface area contributed by atoms with Crippen LogP contribution in [0.1, 0.15) is 0 Å². The molecular formula is C13H16BrN3O2. The molecule has 0 spiro atoms. The number of hydrogen-bond donors (Lipinski definition) is 0. The van der Waals surface area contributed by atoms with Crippen LogP contribution in [0.3, 0.4) is 0 Å². The molecule has 0 atom stereocenters. The van der Waals surface area contributed by atoms with Gasteiger partial charge in [-0.25, -0.2) is 4.52 Å². The molecule has 0 bridgehead atoms. The van der Waals surface area contributed by atoms with Crippen LogP contribution in [0.5, 0.6) is 5.75 Å². The van der Waals surface area contributed by atoms with Gasteiger partial charge < -0.3 is 9.47 Å². The lowest BCUT2D eigenvalue weighted by Gasteiger charge is -2.26. The first-order chi connectivity index (χ1) is 9.33. The lowest BCUT2D eigenvalue weighted by Crippen LogP contribution is -2.38. The standard InChI is InChI=1S/C13H16BrN3O2/c14-12-9-15-17-10-11(1-2-13(12)17)19-8-5-16-3-6-18-7-4-16/h1-2,9-10H,3-8H2. The smallest absolute Gasteiger partial charge is 0.137 e. The zero-order chi connectivity index (χ0) is 13.1. The van der Waals surface area contributed by atoms with Gasteiger partial charge in [0.1, 0.15) is 12.4 Å². The molecule has 6 heteroatoms. The molecule has 0 unspecified atom stereocenters. The van der Waals surface area contributed by atoms with Gasteiger partial charge >= 0.3 is 0 Å². The molecule has 0 amide bonds. The van der Waals surface area contributed by atoms with Gasteiger partial charge in [-0.3, -0.25) is 4.90 Å². The molecule has 3 rings (SSSR count). The molecular weight excluding hydrogens is 310 g/mol. The minimum absolute atomic E-state index is 0.688. The fourth-order valence-electron chi connectivity index (χ4n) is 2.14. The van der Waals surface area contributed by atoms with Gasteiger partial charge in [0.15, 0.2) is 0 Å². The van der Waals surface area contributed by atoms with E-state index in [4.69, 9.17) is 9.47 Å². The minimum atomic E-state index is 0.688. The van der Waals surface area contributed by atoms with Crippen LogP contribution in [0.4, 0.5) is 0 Å². The Hall–Kier alpha value is -1.11. The number of halogens is 1. The summed E-state index contributed by atoms with van der Waals surface area (Å²) in [6.07, 6.45) is 3.69. The average molecular weight is 326 g/mol. The Morgan fingerprint density at radius 2 is 2.16 bits per heavy atom. The highest BCUT2D eigenvalue weighted by Crippen LogP contribution is 2.20. The topological polar surface area (TPSA) is 39.0 Å². The fraction of sp³-hybridized carbons (Fsp3) is 0.462. The zero-order valence-corrected chi connectivity index (χ0v) is 12.2. The number of morpholine rings is 1. The van der Waals surface area contributed by atoms with Crippen molar-refractivity contribution in [2.75, 3.05) is 39.5 Å². The molecule has 1 fully saturated rings. The van der Waals surface area contributed by atoms with E-state index < -0.39 is 0 Å². The Balaban J connectivity index is 1.56. The summed E-state index contributed by atoms with van der Waals surface area (Å²) >= 11 is 3.45. The van der Waals surface area contributed by atoms with Gasteiger partial charge in [0.05, 0.1) is 35.6 Å². The third kappa shape index (κ3) is 3.08. The molecule has 2 aromatic rings. The number of nitrogens with zero attached hydrogens (tertiary/aromatic N) is 3. The number of ether oxygens (including phenoxy) is 2. The monoisotopic (exact) mass is 325 g/mol. The molecule has 1 saturated heterocycles. The van der Waals surface area contributed by atoms with Crippen LogP contribution in [0.2, 0.25) is 0 Å². The van der Waals surface area contributed by atoms with Crippen molar-refractivity contribution in [3.8, 4) is 5.75 Å². The van der Waals surface area contributed by atoms with Gasteiger partial charge in [-0.1, -0.05) is 0 Å². The molecule has 1 aliphatic rings. The van der Waals surface area contributed by atoms with Crippen molar-refractivity contribution in [3.63, 3.8) is 0 Å². The van der Waals surface area contributed by atoms with Crippen molar-refractivity contribution in [2.24, 2.45) is 0 Å². The van der Waals surface area contributed by atoms with Gasteiger partial charge in [-0.05, 0) is 28.1 Å². The van der Waals surface area contributed by atoms with Gasteiger partial charge in [-0.2, -0.15) is 5.10 Å². The second-order valence-electron chi connectivity index (χ2n) is 4.49. The maximum absolute atomic E-state index is 5.77. The van der Waals surface area contributed by atoms with Crippen molar-refractivity contribution in [3.05, 3.63) is 29.0 Å². The van der Waals surface area contributed by atoms with Crippen LogP contribution in [0.25, 0.3) is 5.52 Å². The maximum atomic E-state index is 5.77. The summed E-state index contributed by atoms with van der Waals surface area (Å²) in [4.78, 5) is 2.35. The van der Waals surface area contributed by atoms with Crippen LogP contribution in [0.15, 0.2) is 29.0 Å². The third-order valence-corrected chi connectivity index (χ3v) is 3.83. The molecule has 1 aliphatic heterocycles. The highest BCUT2D eigenvalue weighted by Gasteiger charge is 2.10. The lowest BCUT2D eigenvalue weighted by molar-refractivity contribution is 0.0322. The summed E-state index contributed by atoms with van der Waals surface area (Å²) in [5, 5.41) is 4.24. The molecule has 0 aromatic carbocycles. The van der Waals surface area contributed by atoms with Crippen LogP contribution < -0.4 is 4.74 Å². The molecule has 102 valence electrons. The summed E-state index contributed by atoms with van der Waals surface area (Å²) in [6, 6.07) is 3.97. The van der Waals surface area contributed by atoms with Crippen molar-refractivity contribution >= 4 is 21.4 Å². The molecule has 0 radical (unpaired) electrons. The second kappa shape index (κ2) is 5.90. The number of aromatic nitrogens is 2. The summed E-state index contributed by atoms with van der Waals surface area (Å²) in [5.74, 6) is 0.844. The summed E-state index contributed by atoms with van der Waals surface area (Å²) in [6.45, 7) is 5.27. The predicted octanol–water partition coefficient (Wildman–Crippen LogP) is 1.81. The Morgan fingerprint density at radius 3 is 3.00 bits per heavy atom. The van der Waals surface area contributed by atoms with Crippen molar-refractivity contribution in [1.29, 1.82) is 0 Å². The van der Waals surface area contributed by atoms with E-state index in [0.29, 0.717) is 6.61 Å². The van der Waals surface area contributed by atoms with E-state index in [1.807, 2.05) is 22.8 Å². The quantitative estimate of drug-likeness (QED) is 0.859. The third-order valence-electron chi connectivity index (χ3n) is 3.22. The predicted molar refractivity (Wildman–Crippen MR) is 75.6 cm³/mol. The van der Waals surface area contributed by atoms with Gasteiger partial charge in [0, 0.05) is 19.6 Å². The normalized spacial score (nSPS) is 16.9. The van der Waals surface area contributed by atoms with Gasteiger partial charge in [0.25, 0.3) is 0 Å². The number of pyridine rings is 1. The van der Waals surface area contributed by atoms with E-state index in [9.17, 15) is 0 Å². The number of fused-ring (bicyclic) bond motifs is 1. The van der Waals surface area contributed by atoms with Gasteiger partial charge in [0.2, 0.25) is 0 Å². The Morgan fingerprint density at radius 1 is 1.32 bits per heavy atom. The maximum Gasteiger partial charge on any atom is 0.137 e. The zero-order valence-electron chi connectivity index (χ0n) is 10.6. The molecule has 5 nitrogen and oxygen atoms in total. The summed E-state index contributed by atoms with van der Waals surface area (Å²) in [7, 11) is 0. The van der Waals surface area contributed by atoms with Crippen molar-refractivity contribution in [2.45, 2.75) is 0 Å². The largest absolute Gasteiger partial charge is 0.491 e. The van der Waals surface area contributed by atoms with E-state index in [0.717, 1.165) is 48.6 Å². The molecule has 0 saturated carbocycles. The van der Waals surface area contributed by atoms with E-state index >= 15 is 0 Å². The summed E-state index contributed by atoms with van der Waals surface area (Å²) < 4.78 is 13.9. The average Bonchev–Trinajstić information content (AvgIpc) is 2.81. The first kappa shape index (κ1) is 12.9. The highest BCUT2D eigenvalue weighted by molar-refractivity contribution is 9.10. The summed E-state index contributed by atoms with van der Waals surface area (Å²) in [5.41, 5.74) is 1.04. The minimum Gasteiger partial charge on any atom is -0.491 e. The second-order valence-corrected chi connectivity index (χ2v) is 5.34. The van der Waals surface area contributed by atoms with Crippen LogP contribution >= 0.6 is 15.9 Å². The SMILES string of the molecule is Brc1cnn2cc(OCCN3CCOCC3)ccc12. The Bertz CT molecular complexity index is 552. The lowest BCUT2D eigenvalue weighted by atomic mass is 10.4. The van der Waals surface area contributed by atoms with E-state index in [1.54, 1.807) is 6.20 Å². The molecule has 3 heterocycles. The Labute approximate surface area is 120 Å². The number of rotatable bonds is 4. The van der Waals surface area contributed by atoms with E-state index in [2.05, 4.69) is 25.9 Å². The fourth-order valence-corrected chi connectivity index (χ4v) is 2.54. The molecule has 0 aliphatic carbocycles. The van der Waals surface area contributed by atoms with Crippen LogP contribution in [0, 0.1) is 0 Å². The van der Waals surface area contributed by atoms with Crippen molar-refractivity contribution < 1.29 is 9.47 Å². The number of hydrogen-bond acceptors (Lipinski definition) is 4. The van der Waals surface area contributed by atoms with E-state index in [-0.39, 0.29) is 0 Å². The first-order valence-electron chi connectivity index (χ1n) is 6.39. The molecule has 2 aromatic heterocycles. The van der Waals surface area contributed by atoms with Gasteiger partial charge in [-0.15, -0.1) is 0 Å². The van der Waals surface area contributed by atoms with Crippen LogP contribution in [-0.4, -0.2) is 54.0 Å². The highest BCUT2D eigenvalue weighted by atomic mass is 79.9. The Kier molecular flexibility index (Phi) is 4.00. The van der Waals surface area contributed by atoms with E-state index in [1.165, 1.54) is 0 Å². The molecule has 0 N–H and O–H groups in total. The van der Waals surface area contributed by atoms with Crippen LogP contribution in [-0.2, 0) is 4.74 Å². The first-order valence-corrected chi connectivity index (χ1v) is 7.18. The van der Waals surface area contributed by atoms with Crippen molar-refractivity contribution in [1.82, 2.24) is 14.5 Å². The molecule has 19 heavy (non-hydrogen) atoms.